The summed E-state index contributed by atoms with van der Waals surface area (Å²) >= 11 is 1.39. The van der Waals surface area contributed by atoms with Gasteiger partial charge in [-0.1, -0.05) is 6.07 Å². The van der Waals surface area contributed by atoms with Crippen LogP contribution in [0, 0.1) is 10.1 Å². The Kier molecular flexibility index (Phi) is 5.23. The van der Waals surface area contributed by atoms with Crippen molar-refractivity contribution in [1.29, 1.82) is 0 Å². The number of carbonyl (C=O) groups is 1. The van der Waals surface area contributed by atoms with Gasteiger partial charge in [-0.15, -0.1) is 16.4 Å². The molecule has 0 aliphatic rings. The Morgan fingerprint density at radius 2 is 2.08 bits per heavy atom. The zero-order valence-corrected chi connectivity index (χ0v) is 14.2. The third-order valence-electron chi connectivity index (χ3n) is 3.41. The molecule has 2 aromatic heterocycles. The molecule has 0 aliphatic heterocycles. The van der Waals surface area contributed by atoms with E-state index in [0.717, 1.165) is 9.56 Å². The molecule has 0 N–H and O–H groups in total. The molecule has 0 spiro atoms. The van der Waals surface area contributed by atoms with Gasteiger partial charge in [0.25, 0.3) is 11.6 Å². The third kappa shape index (κ3) is 4.22. The number of nitro groups is 1. The number of hydrogen-bond acceptors (Lipinski definition) is 8. The van der Waals surface area contributed by atoms with E-state index in [1.54, 1.807) is 6.07 Å². The first-order valence-electron chi connectivity index (χ1n) is 7.54. The first kappa shape index (κ1) is 17.5. The fourth-order valence-electron chi connectivity index (χ4n) is 2.09. The molecule has 3 rings (SSSR count). The van der Waals surface area contributed by atoms with E-state index in [-0.39, 0.29) is 31.2 Å². The zero-order valence-electron chi connectivity index (χ0n) is 13.4. The second-order valence-electron chi connectivity index (χ2n) is 5.21. The Labute approximate surface area is 150 Å². The highest BCUT2D eigenvalue weighted by molar-refractivity contribution is 7.13. The maximum Gasteiger partial charge on any atom is 0.437 e. The van der Waals surface area contributed by atoms with Gasteiger partial charge in [-0.2, -0.15) is 4.68 Å². The molecule has 0 amide bonds. The zero-order chi connectivity index (χ0) is 18.5. The molecule has 1 aromatic carbocycles. The summed E-state index contributed by atoms with van der Waals surface area (Å²) < 4.78 is 11.2. The SMILES string of the molecule is O=C(CCn1nc(-c2cccs2)oc1=O)OCc1ccc([N+](=O)[O-])cc1. The number of nitro benzene ring substituents is 1. The van der Waals surface area contributed by atoms with Crippen LogP contribution < -0.4 is 5.76 Å². The first-order chi connectivity index (χ1) is 12.5. The van der Waals surface area contributed by atoms with E-state index in [1.165, 1.54) is 35.6 Å². The molecular weight excluding hydrogens is 362 g/mol. The summed E-state index contributed by atoms with van der Waals surface area (Å²) in [5.41, 5.74) is 0.592. The smallest absolute Gasteiger partial charge is 0.437 e. The van der Waals surface area contributed by atoms with Crippen molar-refractivity contribution in [3.63, 3.8) is 0 Å². The molecule has 0 radical (unpaired) electrons. The van der Waals surface area contributed by atoms with Gasteiger partial charge in [0, 0.05) is 12.1 Å². The molecule has 0 bridgehead atoms. The summed E-state index contributed by atoms with van der Waals surface area (Å²) in [6.07, 6.45) is -0.0523. The quantitative estimate of drug-likeness (QED) is 0.354. The van der Waals surface area contributed by atoms with E-state index in [9.17, 15) is 19.7 Å². The van der Waals surface area contributed by atoms with E-state index < -0.39 is 16.6 Å². The first-order valence-corrected chi connectivity index (χ1v) is 8.41. The number of thiophene rings is 1. The molecule has 0 saturated carbocycles. The van der Waals surface area contributed by atoms with Gasteiger partial charge in [-0.3, -0.25) is 14.9 Å². The predicted octanol–water partition coefficient (Wildman–Crippen LogP) is 2.61. The summed E-state index contributed by atoms with van der Waals surface area (Å²) in [6, 6.07) is 9.30. The van der Waals surface area contributed by atoms with Crippen LogP contribution in [0.3, 0.4) is 0 Å². The Morgan fingerprint density at radius 1 is 1.31 bits per heavy atom. The maximum absolute atomic E-state index is 11.8. The number of nitrogens with zero attached hydrogens (tertiary/aromatic N) is 3. The van der Waals surface area contributed by atoms with Crippen molar-refractivity contribution in [2.75, 3.05) is 0 Å². The fraction of sp³-hybridized carbons (Fsp3) is 0.188. The highest BCUT2D eigenvalue weighted by atomic mass is 32.1. The second kappa shape index (κ2) is 7.74. The average Bonchev–Trinajstić information content (AvgIpc) is 3.28. The topological polar surface area (TPSA) is 117 Å². The van der Waals surface area contributed by atoms with Crippen molar-refractivity contribution in [3.8, 4) is 10.8 Å². The lowest BCUT2D eigenvalue weighted by Gasteiger charge is -2.04. The highest BCUT2D eigenvalue weighted by Crippen LogP contribution is 2.21. The normalized spacial score (nSPS) is 10.6. The average molecular weight is 375 g/mol. The number of ether oxygens (including phenoxy) is 1. The van der Waals surface area contributed by atoms with Crippen LogP contribution in [-0.4, -0.2) is 20.7 Å². The van der Waals surface area contributed by atoms with Crippen LogP contribution in [0.4, 0.5) is 5.69 Å². The molecule has 0 aliphatic carbocycles. The van der Waals surface area contributed by atoms with Gasteiger partial charge in [0.15, 0.2) is 0 Å². The van der Waals surface area contributed by atoms with Crippen LogP contribution in [0.5, 0.6) is 0 Å². The number of non-ortho nitro benzene ring substituents is 1. The summed E-state index contributed by atoms with van der Waals surface area (Å²) in [5.74, 6) is -0.947. The van der Waals surface area contributed by atoms with E-state index in [4.69, 9.17) is 9.15 Å². The number of aromatic nitrogens is 2. The molecule has 2 heterocycles. The molecule has 3 aromatic rings. The number of benzene rings is 1. The Bertz CT molecular complexity index is 959. The predicted molar refractivity (Wildman–Crippen MR) is 91.6 cm³/mol. The van der Waals surface area contributed by atoms with Crippen LogP contribution >= 0.6 is 11.3 Å². The minimum Gasteiger partial charge on any atom is -0.461 e. The van der Waals surface area contributed by atoms with Crippen LogP contribution in [0.2, 0.25) is 0 Å². The van der Waals surface area contributed by atoms with Gasteiger partial charge in [0.1, 0.15) is 6.61 Å². The van der Waals surface area contributed by atoms with Crippen LogP contribution in [0.1, 0.15) is 12.0 Å². The maximum atomic E-state index is 11.8. The number of rotatable bonds is 7. The van der Waals surface area contributed by atoms with Gasteiger partial charge >= 0.3 is 11.7 Å². The van der Waals surface area contributed by atoms with E-state index in [2.05, 4.69) is 5.10 Å². The summed E-state index contributed by atoms with van der Waals surface area (Å²) in [5, 5.41) is 16.5. The monoisotopic (exact) mass is 375 g/mol. The van der Waals surface area contributed by atoms with Crippen LogP contribution in [0.25, 0.3) is 10.8 Å². The van der Waals surface area contributed by atoms with Crippen molar-refractivity contribution < 1.29 is 18.9 Å². The van der Waals surface area contributed by atoms with E-state index in [0.29, 0.717) is 5.56 Å². The second-order valence-corrected chi connectivity index (χ2v) is 6.16. The summed E-state index contributed by atoms with van der Waals surface area (Å²) in [4.78, 5) is 34.4. The summed E-state index contributed by atoms with van der Waals surface area (Å²) in [7, 11) is 0. The minimum absolute atomic E-state index is 0.00894. The summed E-state index contributed by atoms with van der Waals surface area (Å²) in [6.45, 7) is 0.0256. The molecule has 26 heavy (non-hydrogen) atoms. The number of carbonyl (C=O) groups excluding carboxylic acids is 1. The number of esters is 1. The number of aryl methyl sites for hydroxylation is 1. The van der Waals surface area contributed by atoms with Gasteiger partial charge in [-0.25, -0.2) is 4.79 Å². The van der Waals surface area contributed by atoms with Gasteiger partial charge < -0.3 is 9.15 Å². The molecule has 134 valence electrons. The Morgan fingerprint density at radius 3 is 2.73 bits per heavy atom. The molecule has 0 fully saturated rings. The lowest BCUT2D eigenvalue weighted by molar-refractivity contribution is -0.384. The lowest BCUT2D eigenvalue weighted by Crippen LogP contribution is -2.18. The molecule has 0 saturated heterocycles. The van der Waals surface area contributed by atoms with E-state index in [1.807, 2.05) is 11.4 Å². The Balaban J connectivity index is 1.51. The van der Waals surface area contributed by atoms with Crippen LogP contribution in [0.15, 0.2) is 51.0 Å². The third-order valence-corrected chi connectivity index (χ3v) is 4.27. The van der Waals surface area contributed by atoms with Crippen molar-refractivity contribution in [2.45, 2.75) is 19.6 Å². The fourth-order valence-corrected chi connectivity index (χ4v) is 2.74. The van der Waals surface area contributed by atoms with Crippen molar-refractivity contribution in [1.82, 2.24) is 9.78 Å². The van der Waals surface area contributed by atoms with Gasteiger partial charge in [0.2, 0.25) is 0 Å². The van der Waals surface area contributed by atoms with Crippen molar-refractivity contribution >= 4 is 23.0 Å². The largest absolute Gasteiger partial charge is 0.461 e. The van der Waals surface area contributed by atoms with Gasteiger partial charge in [0.05, 0.1) is 22.8 Å². The van der Waals surface area contributed by atoms with Crippen molar-refractivity contribution in [3.05, 3.63) is 68.0 Å². The van der Waals surface area contributed by atoms with Gasteiger partial charge in [-0.05, 0) is 29.1 Å². The highest BCUT2D eigenvalue weighted by Gasteiger charge is 2.13. The molecule has 10 heteroatoms. The van der Waals surface area contributed by atoms with Crippen LogP contribution in [-0.2, 0) is 22.7 Å². The standard InChI is InChI=1S/C16H13N3O6S/c20-14(24-10-11-3-5-12(6-4-11)19(22)23)7-8-18-16(21)25-15(17-18)13-2-1-9-26-13/h1-6,9H,7-8,10H2. The lowest BCUT2D eigenvalue weighted by atomic mass is 10.2. The molecular formula is C16H13N3O6S. The molecule has 0 unspecified atom stereocenters. The number of hydrogen-bond donors (Lipinski definition) is 0. The minimum atomic E-state index is -0.642. The molecule has 9 nitrogen and oxygen atoms in total. The Hall–Kier alpha value is -3.27. The van der Waals surface area contributed by atoms with Crippen molar-refractivity contribution in [2.24, 2.45) is 0 Å². The molecule has 0 atom stereocenters. The van der Waals surface area contributed by atoms with E-state index >= 15 is 0 Å².